The zero-order chi connectivity index (χ0) is 14.0. The lowest BCUT2D eigenvalue weighted by Crippen LogP contribution is -2.47. The SMILES string of the molecule is CN1CCN(Nc2cc(C(F)(F)F)ncc2N)CC1. The summed E-state index contributed by atoms with van der Waals surface area (Å²) < 4.78 is 37.7. The molecule has 0 amide bonds. The number of nitrogens with two attached hydrogens (primary N) is 1. The summed E-state index contributed by atoms with van der Waals surface area (Å²) in [4.78, 5) is 5.45. The number of hydrazine groups is 1. The molecule has 0 bridgehead atoms. The van der Waals surface area contributed by atoms with Crippen molar-refractivity contribution < 1.29 is 13.2 Å². The molecule has 8 heteroatoms. The van der Waals surface area contributed by atoms with E-state index in [1.54, 1.807) is 0 Å². The Balaban J connectivity index is 2.11. The number of anilines is 2. The van der Waals surface area contributed by atoms with E-state index in [1.165, 1.54) is 0 Å². The summed E-state index contributed by atoms with van der Waals surface area (Å²) in [6.07, 6.45) is -3.44. The van der Waals surface area contributed by atoms with Crippen LogP contribution in [0.15, 0.2) is 12.3 Å². The van der Waals surface area contributed by atoms with Crippen molar-refractivity contribution in [2.24, 2.45) is 0 Å². The van der Waals surface area contributed by atoms with Crippen molar-refractivity contribution in [2.75, 3.05) is 44.4 Å². The molecule has 2 rings (SSSR count). The van der Waals surface area contributed by atoms with Crippen molar-refractivity contribution in [3.63, 3.8) is 0 Å². The number of nitrogens with one attached hydrogen (secondary N) is 1. The number of nitrogen functional groups attached to an aromatic ring is 1. The van der Waals surface area contributed by atoms with Crippen LogP contribution in [0.2, 0.25) is 0 Å². The molecule has 1 aliphatic heterocycles. The Bertz CT molecular complexity index is 440. The molecule has 106 valence electrons. The second kappa shape index (κ2) is 5.22. The summed E-state index contributed by atoms with van der Waals surface area (Å²) in [5.74, 6) is 0. The standard InChI is InChI=1S/C11H16F3N5/c1-18-2-4-19(5-3-18)17-9-6-10(11(12,13)14)16-7-8(9)15/h6-7H,2-5,15H2,1H3,(H,16,17). The summed E-state index contributed by atoms with van der Waals surface area (Å²) in [6.45, 7) is 3.15. The number of aromatic nitrogens is 1. The van der Waals surface area contributed by atoms with Gasteiger partial charge in [0.2, 0.25) is 0 Å². The van der Waals surface area contributed by atoms with Gasteiger partial charge < -0.3 is 16.1 Å². The normalized spacial score (nSPS) is 18.5. The number of halogens is 3. The molecule has 2 heterocycles. The van der Waals surface area contributed by atoms with Gasteiger partial charge in [-0.15, -0.1) is 0 Å². The van der Waals surface area contributed by atoms with E-state index in [0.717, 1.165) is 38.4 Å². The maximum Gasteiger partial charge on any atom is 0.433 e. The van der Waals surface area contributed by atoms with Gasteiger partial charge in [-0.3, -0.25) is 0 Å². The highest BCUT2D eigenvalue weighted by Gasteiger charge is 2.33. The first-order chi connectivity index (χ1) is 8.86. The first kappa shape index (κ1) is 13.9. The summed E-state index contributed by atoms with van der Waals surface area (Å²) in [7, 11) is 2.00. The average Bonchev–Trinajstić information content (AvgIpc) is 2.33. The molecule has 0 saturated carbocycles. The van der Waals surface area contributed by atoms with E-state index in [4.69, 9.17) is 5.73 Å². The minimum Gasteiger partial charge on any atom is -0.396 e. The van der Waals surface area contributed by atoms with E-state index in [2.05, 4.69) is 15.3 Å². The Labute approximate surface area is 109 Å². The Hall–Kier alpha value is -1.54. The highest BCUT2D eigenvalue weighted by atomic mass is 19.4. The van der Waals surface area contributed by atoms with Gasteiger partial charge in [-0.1, -0.05) is 0 Å². The lowest BCUT2D eigenvalue weighted by molar-refractivity contribution is -0.141. The average molecular weight is 275 g/mol. The van der Waals surface area contributed by atoms with Gasteiger partial charge in [-0.05, 0) is 13.1 Å². The maximum absolute atomic E-state index is 12.6. The molecule has 0 aromatic carbocycles. The second-order valence-electron chi connectivity index (χ2n) is 4.56. The fraction of sp³-hybridized carbons (Fsp3) is 0.545. The van der Waals surface area contributed by atoms with Crippen LogP contribution in [-0.4, -0.2) is 48.1 Å². The molecule has 1 saturated heterocycles. The molecule has 5 nitrogen and oxygen atoms in total. The van der Waals surface area contributed by atoms with Gasteiger partial charge in [0.25, 0.3) is 0 Å². The van der Waals surface area contributed by atoms with Gasteiger partial charge in [0.05, 0.1) is 17.6 Å². The largest absolute Gasteiger partial charge is 0.433 e. The molecule has 0 spiro atoms. The van der Waals surface area contributed by atoms with E-state index < -0.39 is 11.9 Å². The predicted octanol–water partition coefficient (Wildman–Crippen LogP) is 1.26. The van der Waals surface area contributed by atoms with Crippen LogP contribution in [0.3, 0.4) is 0 Å². The Morgan fingerprint density at radius 2 is 1.89 bits per heavy atom. The highest BCUT2D eigenvalue weighted by Crippen LogP contribution is 2.31. The monoisotopic (exact) mass is 275 g/mol. The zero-order valence-electron chi connectivity index (χ0n) is 10.5. The molecular formula is C11H16F3N5. The van der Waals surface area contributed by atoms with Crippen molar-refractivity contribution in [3.05, 3.63) is 18.0 Å². The summed E-state index contributed by atoms with van der Waals surface area (Å²) >= 11 is 0. The molecule has 0 aliphatic carbocycles. The summed E-state index contributed by atoms with van der Waals surface area (Å²) in [6, 6.07) is 0.938. The molecule has 0 unspecified atom stereocenters. The lowest BCUT2D eigenvalue weighted by atomic mass is 10.3. The van der Waals surface area contributed by atoms with E-state index in [-0.39, 0.29) is 11.4 Å². The van der Waals surface area contributed by atoms with Gasteiger partial charge in [0, 0.05) is 26.2 Å². The molecule has 0 radical (unpaired) electrons. The molecule has 1 aromatic heterocycles. The van der Waals surface area contributed by atoms with Crippen molar-refractivity contribution in [1.29, 1.82) is 0 Å². The van der Waals surface area contributed by atoms with Gasteiger partial charge in [-0.25, -0.2) is 9.99 Å². The van der Waals surface area contributed by atoms with Crippen LogP contribution in [0.4, 0.5) is 24.5 Å². The van der Waals surface area contributed by atoms with Crippen molar-refractivity contribution >= 4 is 11.4 Å². The minimum atomic E-state index is -4.47. The third kappa shape index (κ3) is 3.48. The zero-order valence-corrected chi connectivity index (χ0v) is 10.5. The Morgan fingerprint density at radius 1 is 1.26 bits per heavy atom. The first-order valence-corrected chi connectivity index (χ1v) is 5.89. The highest BCUT2D eigenvalue weighted by molar-refractivity contribution is 5.64. The molecule has 1 aliphatic rings. The summed E-state index contributed by atoms with van der Waals surface area (Å²) in [5, 5.41) is 1.85. The molecule has 3 N–H and O–H groups in total. The van der Waals surface area contributed by atoms with E-state index in [1.807, 2.05) is 12.1 Å². The number of pyridine rings is 1. The van der Waals surface area contributed by atoms with E-state index in [9.17, 15) is 13.2 Å². The number of hydrogen-bond acceptors (Lipinski definition) is 5. The number of nitrogens with zero attached hydrogens (tertiary/aromatic N) is 3. The predicted molar refractivity (Wildman–Crippen MR) is 66.3 cm³/mol. The Kier molecular flexibility index (Phi) is 3.81. The molecule has 0 atom stereocenters. The van der Waals surface area contributed by atoms with Gasteiger partial charge in [0.1, 0.15) is 5.69 Å². The van der Waals surface area contributed by atoms with Crippen molar-refractivity contribution in [3.8, 4) is 0 Å². The van der Waals surface area contributed by atoms with E-state index >= 15 is 0 Å². The maximum atomic E-state index is 12.6. The molecule has 1 fully saturated rings. The van der Waals surface area contributed by atoms with Crippen LogP contribution in [0, 0.1) is 0 Å². The smallest absolute Gasteiger partial charge is 0.396 e. The van der Waals surface area contributed by atoms with Gasteiger partial charge >= 0.3 is 6.18 Å². The second-order valence-corrected chi connectivity index (χ2v) is 4.56. The van der Waals surface area contributed by atoms with Crippen molar-refractivity contribution in [1.82, 2.24) is 14.9 Å². The minimum absolute atomic E-state index is 0.201. The number of likely N-dealkylation sites (N-methyl/N-ethyl adjacent to an activating group) is 1. The quantitative estimate of drug-likeness (QED) is 0.851. The third-order valence-corrected chi connectivity index (χ3v) is 3.01. The van der Waals surface area contributed by atoms with Crippen LogP contribution >= 0.6 is 0 Å². The van der Waals surface area contributed by atoms with Gasteiger partial charge in [0.15, 0.2) is 0 Å². The van der Waals surface area contributed by atoms with Crippen LogP contribution in [0.1, 0.15) is 5.69 Å². The third-order valence-electron chi connectivity index (χ3n) is 3.01. The van der Waals surface area contributed by atoms with Crippen LogP contribution in [-0.2, 0) is 6.18 Å². The van der Waals surface area contributed by atoms with E-state index in [0.29, 0.717) is 0 Å². The van der Waals surface area contributed by atoms with Gasteiger partial charge in [-0.2, -0.15) is 13.2 Å². The Morgan fingerprint density at radius 3 is 2.47 bits per heavy atom. The summed E-state index contributed by atoms with van der Waals surface area (Å²) in [5.41, 5.74) is 8.07. The number of rotatable bonds is 2. The van der Waals surface area contributed by atoms with Crippen LogP contribution < -0.4 is 11.2 Å². The van der Waals surface area contributed by atoms with Crippen molar-refractivity contribution in [2.45, 2.75) is 6.18 Å². The lowest BCUT2D eigenvalue weighted by Gasteiger charge is -2.33. The number of piperazine rings is 1. The molecule has 19 heavy (non-hydrogen) atoms. The fourth-order valence-electron chi connectivity index (χ4n) is 1.81. The number of hydrogen-bond donors (Lipinski definition) is 2. The molecular weight excluding hydrogens is 259 g/mol. The fourth-order valence-corrected chi connectivity index (χ4v) is 1.81. The van der Waals surface area contributed by atoms with Crippen LogP contribution in [0.5, 0.6) is 0 Å². The molecule has 1 aromatic rings. The number of alkyl halides is 3. The first-order valence-electron chi connectivity index (χ1n) is 5.89. The topological polar surface area (TPSA) is 57.4 Å². The van der Waals surface area contributed by atoms with Crippen LogP contribution in [0.25, 0.3) is 0 Å².